The van der Waals surface area contributed by atoms with Crippen LogP contribution in [-0.4, -0.2) is 22.3 Å². The lowest BCUT2D eigenvalue weighted by Gasteiger charge is -2.16. The van der Waals surface area contributed by atoms with Crippen LogP contribution < -0.4 is 10.6 Å². The molecule has 1 aliphatic carbocycles. The van der Waals surface area contributed by atoms with E-state index in [1.54, 1.807) is 12.3 Å². The van der Waals surface area contributed by atoms with Crippen molar-refractivity contribution in [2.45, 2.75) is 44.6 Å². The molecule has 0 unspecified atom stereocenters. The molecular weight excluding hydrogens is 216 g/mol. The molecule has 1 aromatic rings. The molecule has 0 bridgehead atoms. The molecular formula is C12H18N4O. The van der Waals surface area contributed by atoms with Crippen molar-refractivity contribution in [3.8, 4) is 0 Å². The second-order valence-electron chi connectivity index (χ2n) is 4.42. The van der Waals surface area contributed by atoms with Gasteiger partial charge < -0.3 is 10.6 Å². The van der Waals surface area contributed by atoms with Crippen LogP contribution in [0, 0.1) is 0 Å². The molecule has 2 N–H and O–H groups in total. The molecule has 5 nitrogen and oxygen atoms in total. The lowest BCUT2D eigenvalue weighted by Crippen LogP contribution is -2.37. The highest BCUT2D eigenvalue weighted by Gasteiger charge is 2.14. The number of carbonyl (C=O) groups is 1. The van der Waals surface area contributed by atoms with Gasteiger partial charge in [-0.2, -0.15) is 10.2 Å². The fourth-order valence-corrected chi connectivity index (χ4v) is 2.14. The Morgan fingerprint density at radius 1 is 1.18 bits per heavy atom. The van der Waals surface area contributed by atoms with E-state index in [-0.39, 0.29) is 6.03 Å². The molecule has 0 radical (unpaired) electrons. The van der Waals surface area contributed by atoms with Crippen LogP contribution in [0.1, 0.15) is 38.5 Å². The molecule has 1 saturated carbocycles. The number of urea groups is 1. The van der Waals surface area contributed by atoms with Gasteiger partial charge >= 0.3 is 6.03 Å². The highest BCUT2D eigenvalue weighted by Crippen LogP contribution is 2.17. The van der Waals surface area contributed by atoms with E-state index in [4.69, 9.17) is 0 Å². The monoisotopic (exact) mass is 234 g/mol. The summed E-state index contributed by atoms with van der Waals surface area (Å²) in [5.74, 6) is 0. The molecule has 1 heterocycles. The quantitative estimate of drug-likeness (QED) is 0.772. The average molecular weight is 234 g/mol. The van der Waals surface area contributed by atoms with Crippen molar-refractivity contribution in [2.24, 2.45) is 0 Å². The Morgan fingerprint density at radius 3 is 2.59 bits per heavy atom. The summed E-state index contributed by atoms with van der Waals surface area (Å²) in [4.78, 5) is 11.7. The Kier molecular flexibility index (Phi) is 4.30. The normalized spacial score (nSPS) is 17.2. The molecule has 2 rings (SSSR count). The molecule has 1 aliphatic rings. The molecule has 1 aromatic heterocycles. The molecule has 5 heteroatoms. The van der Waals surface area contributed by atoms with Crippen LogP contribution in [-0.2, 0) is 0 Å². The van der Waals surface area contributed by atoms with Gasteiger partial charge in [0, 0.05) is 6.04 Å². The van der Waals surface area contributed by atoms with Crippen LogP contribution in [0.3, 0.4) is 0 Å². The summed E-state index contributed by atoms with van der Waals surface area (Å²) in [6.45, 7) is 0. The van der Waals surface area contributed by atoms with Crippen LogP contribution >= 0.6 is 0 Å². The van der Waals surface area contributed by atoms with Crippen molar-refractivity contribution in [1.29, 1.82) is 0 Å². The average Bonchev–Trinajstić information content (AvgIpc) is 2.59. The van der Waals surface area contributed by atoms with Crippen molar-refractivity contribution in [3.63, 3.8) is 0 Å². The van der Waals surface area contributed by atoms with Crippen molar-refractivity contribution in [3.05, 3.63) is 18.5 Å². The summed E-state index contributed by atoms with van der Waals surface area (Å²) in [6, 6.07) is 1.89. The van der Waals surface area contributed by atoms with Gasteiger partial charge in [-0.3, -0.25) is 0 Å². The number of anilines is 1. The van der Waals surface area contributed by atoms with Gasteiger partial charge in [0.2, 0.25) is 0 Å². The zero-order chi connectivity index (χ0) is 11.9. The molecule has 1 fully saturated rings. The smallest absolute Gasteiger partial charge is 0.319 e. The highest BCUT2D eigenvalue weighted by atomic mass is 16.2. The van der Waals surface area contributed by atoms with Gasteiger partial charge in [0.1, 0.15) is 0 Å². The highest BCUT2D eigenvalue weighted by molar-refractivity contribution is 5.89. The lowest BCUT2D eigenvalue weighted by molar-refractivity contribution is 0.247. The second-order valence-corrected chi connectivity index (χ2v) is 4.42. The fraction of sp³-hybridized carbons (Fsp3) is 0.583. The minimum atomic E-state index is -0.148. The Bertz CT molecular complexity index is 347. The zero-order valence-corrected chi connectivity index (χ0v) is 9.85. The first-order chi connectivity index (χ1) is 8.34. The van der Waals surface area contributed by atoms with Gasteiger partial charge in [-0.15, -0.1) is 0 Å². The molecule has 0 saturated heterocycles. The summed E-state index contributed by atoms with van der Waals surface area (Å²) >= 11 is 0. The maximum Gasteiger partial charge on any atom is 0.319 e. The zero-order valence-electron chi connectivity index (χ0n) is 9.85. The number of nitrogens with one attached hydrogen (secondary N) is 2. The van der Waals surface area contributed by atoms with Crippen molar-refractivity contribution < 1.29 is 4.79 Å². The first-order valence-corrected chi connectivity index (χ1v) is 6.19. The second kappa shape index (κ2) is 6.18. The Balaban J connectivity index is 1.80. The summed E-state index contributed by atoms with van der Waals surface area (Å²) < 4.78 is 0. The predicted molar refractivity (Wildman–Crippen MR) is 65.7 cm³/mol. The third-order valence-electron chi connectivity index (χ3n) is 3.03. The topological polar surface area (TPSA) is 66.9 Å². The van der Waals surface area contributed by atoms with Gasteiger partial charge in [0.15, 0.2) is 0 Å². The molecule has 0 spiro atoms. The van der Waals surface area contributed by atoms with Gasteiger partial charge in [-0.05, 0) is 18.9 Å². The third-order valence-corrected chi connectivity index (χ3v) is 3.03. The number of hydrogen-bond donors (Lipinski definition) is 2. The summed E-state index contributed by atoms with van der Waals surface area (Å²) in [7, 11) is 0. The van der Waals surface area contributed by atoms with Crippen LogP contribution in [0.2, 0.25) is 0 Å². The van der Waals surface area contributed by atoms with Gasteiger partial charge in [0.25, 0.3) is 0 Å². The molecule has 92 valence electrons. The van der Waals surface area contributed by atoms with Crippen molar-refractivity contribution in [2.75, 3.05) is 5.32 Å². The van der Waals surface area contributed by atoms with Gasteiger partial charge in [-0.25, -0.2) is 4.79 Å². The number of hydrogen-bond acceptors (Lipinski definition) is 3. The van der Waals surface area contributed by atoms with Gasteiger partial charge in [-0.1, -0.05) is 25.7 Å². The lowest BCUT2D eigenvalue weighted by atomic mass is 10.1. The molecule has 0 atom stereocenters. The molecule has 0 aromatic carbocycles. The van der Waals surface area contributed by atoms with E-state index in [1.807, 2.05) is 0 Å². The van der Waals surface area contributed by atoms with Crippen LogP contribution in [0.15, 0.2) is 18.5 Å². The van der Waals surface area contributed by atoms with Crippen LogP contribution in [0.25, 0.3) is 0 Å². The first kappa shape index (κ1) is 11.8. The molecule has 0 aliphatic heterocycles. The van der Waals surface area contributed by atoms with E-state index in [9.17, 15) is 4.79 Å². The number of rotatable bonds is 2. The number of nitrogens with zero attached hydrogens (tertiary/aromatic N) is 2. The van der Waals surface area contributed by atoms with E-state index in [2.05, 4.69) is 20.8 Å². The van der Waals surface area contributed by atoms with E-state index in [1.165, 1.54) is 31.9 Å². The van der Waals surface area contributed by atoms with E-state index in [0.29, 0.717) is 11.7 Å². The van der Waals surface area contributed by atoms with Crippen LogP contribution in [0.5, 0.6) is 0 Å². The maximum atomic E-state index is 11.7. The van der Waals surface area contributed by atoms with E-state index < -0.39 is 0 Å². The minimum absolute atomic E-state index is 0.148. The fourth-order valence-electron chi connectivity index (χ4n) is 2.14. The summed E-state index contributed by atoms with van der Waals surface area (Å²) in [5, 5.41) is 13.1. The third kappa shape index (κ3) is 4.01. The number of carbonyl (C=O) groups excluding carboxylic acids is 1. The Labute approximate surface area is 101 Å². The Hall–Kier alpha value is -1.65. The first-order valence-electron chi connectivity index (χ1n) is 6.19. The van der Waals surface area contributed by atoms with E-state index in [0.717, 1.165) is 12.8 Å². The predicted octanol–water partition coefficient (Wildman–Crippen LogP) is 2.32. The van der Waals surface area contributed by atoms with E-state index >= 15 is 0 Å². The minimum Gasteiger partial charge on any atom is -0.335 e. The summed E-state index contributed by atoms with van der Waals surface area (Å²) in [5.41, 5.74) is 0.672. The standard InChI is InChI=1S/C12H18N4O/c17-12(16-11-7-8-13-14-9-11)15-10-5-3-1-2-4-6-10/h7-10H,1-6H2,(H2,13,15,16,17). The van der Waals surface area contributed by atoms with Crippen molar-refractivity contribution >= 4 is 11.7 Å². The Morgan fingerprint density at radius 2 is 1.94 bits per heavy atom. The number of aromatic nitrogens is 2. The largest absolute Gasteiger partial charge is 0.335 e. The van der Waals surface area contributed by atoms with Gasteiger partial charge in [0.05, 0.1) is 18.1 Å². The molecule has 17 heavy (non-hydrogen) atoms. The number of amides is 2. The maximum absolute atomic E-state index is 11.7. The SMILES string of the molecule is O=C(Nc1ccnnc1)NC1CCCCCC1. The molecule has 2 amide bonds. The van der Waals surface area contributed by atoms with Crippen molar-refractivity contribution in [1.82, 2.24) is 15.5 Å². The summed E-state index contributed by atoms with van der Waals surface area (Å²) in [6.07, 6.45) is 10.3. The van der Waals surface area contributed by atoms with Crippen LogP contribution in [0.4, 0.5) is 10.5 Å².